The fourth-order valence-electron chi connectivity index (χ4n) is 1.86. The van der Waals surface area contributed by atoms with E-state index < -0.39 is 0 Å². The molecule has 0 aliphatic carbocycles. The number of halogens is 1. The molecule has 5 nitrogen and oxygen atoms in total. The quantitative estimate of drug-likeness (QED) is 0.687. The van der Waals surface area contributed by atoms with Gasteiger partial charge in [0.15, 0.2) is 5.76 Å². The van der Waals surface area contributed by atoms with Gasteiger partial charge >= 0.3 is 0 Å². The van der Waals surface area contributed by atoms with Gasteiger partial charge in [0.25, 0.3) is 0 Å². The van der Waals surface area contributed by atoms with Crippen molar-refractivity contribution in [1.82, 2.24) is 20.2 Å². The summed E-state index contributed by atoms with van der Waals surface area (Å²) < 4.78 is 7.11. The molecule has 3 aromatic rings. The molecule has 3 rings (SSSR count). The average molecular weight is 333 g/mol. The Hall–Kier alpha value is -1.95. The first-order chi connectivity index (χ1) is 9.72. The first kappa shape index (κ1) is 13.1. The van der Waals surface area contributed by atoms with Crippen molar-refractivity contribution in [2.75, 3.05) is 0 Å². The fourth-order valence-corrected chi connectivity index (χ4v) is 2.07. The molecular weight excluding hydrogens is 320 g/mol. The van der Waals surface area contributed by atoms with Gasteiger partial charge in [0, 0.05) is 11.6 Å². The molecular formula is C14H13BrN4O. The van der Waals surface area contributed by atoms with Crippen LogP contribution in [0.2, 0.25) is 0 Å². The van der Waals surface area contributed by atoms with E-state index in [4.69, 9.17) is 4.52 Å². The Labute approximate surface area is 124 Å². The number of rotatable bonds is 4. The van der Waals surface area contributed by atoms with Crippen molar-refractivity contribution >= 4 is 15.9 Å². The van der Waals surface area contributed by atoms with Crippen molar-refractivity contribution in [2.24, 2.45) is 0 Å². The zero-order valence-electron chi connectivity index (χ0n) is 10.9. The zero-order valence-corrected chi connectivity index (χ0v) is 12.5. The van der Waals surface area contributed by atoms with Crippen molar-refractivity contribution in [3.8, 4) is 11.3 Å². The lowest BCUT2D eigenvalue weighted by Crippen LogP contribution is -2.00. The van der Waals surface area contributed by atoms with E-state index in [9.17, 15) is 0 Å². The summed E-state index contributed by atoms with van der Waals surface area (Å²) >= 11 is 3.47. The van der Waals surface area contributed by atoms with Crippen molar-refractivity contribution in [2.45, 2.75) is 18.3 Å². The van der Waals surface area contributed by atoms with Crippen LogP contribution in [0.5, 0.6) is 0 Å². The third kappa shape index (κ3) is 2.80. The van der Waals surface area contributed by atoms with Gasteiger partial charge in [0.1, 0.15) is 5.69 Å². The minimum Gasteiger partial charge on any atom is -0.356 e. The minimum atomic E-state index is 0.188. The van der Waals surface area contributed by atoms with Gasteiger partial charge < -0.3 is 4.52 Å². The Morgan fingerprint density at radius 2 is 2.10 bits per heavy atom. The topological polar surface area (TPSA) is 56.7 Å². The predicted molar refractivity (Wildman–Crippen MR) is 78.4 cm³/mol. The third-order valence-corrected chi connectivity index (χ3v) is 3.37. The lowest BCUT2D eigenvalue weighted by atomic mass is 10.2. The summed E-state index contributed by atoms with van der Waals surface area (Å²) in [4.78, 5) is 0.188. The average Bonchev–Trinajstić information content (AvgIpc) is 3.10. The monoisotopic (exact) mass is 332 g/mol. The molecule has 0 aliphatic heterocycles. The van der Waals surface area contributed by atoms with Gasteiger partial charge in [-0.15, -0.1) is 5.10 Å². The van der Waals surface area contributed by atoms with Crippen LogP contribution in [0.25, 0.3) is 11.3 Å². The lowest BCUT2D eigenvalue weighted by Gasteiger charge is -1.95. The number of hydrogen-bond acceptors (Lipinski definition) is 4. The zero-order chi connectivity index (χ0) is 13.9. The van der Waals surface area contributed by atoms with E-state index in [2.05, 4.69) is 31.4 Å². The number of hydrogen-bond donors (Lipinski definition) is 0. The Morgan fingerprint density at radius 1 is 1.30 bits per heavy atom. The van der Waals surface area contributed by atoms with Crippen LogP contribution >= 0.6 is 15.9 Å². The second kappa shape index (κ2) is 5.58. The highest BCUT2D eigenvalue weighted by molar-refractivity contribution is 9.09. The SMILES string of the molecule is CC(Br)c1cn(Cc2cc(-c3ccccc3)on2)nn1. The van der Waals surface area contributed by atoms with E-state index in [0.29, 0.717) is 6.54 Å². The van der Waals surface area contributed by atoms with Crippen LogP contribution in [-0.2, 0) is 6.54 Å². The molecule has 0 saturated carbocycles. The lowest BCUT2D eigenvalue weighted by molar-refractivity contribution is 0.419. The number of alkyl halides is 1. The fraction of sp³-hybridized carbons (Fsp3) is 0.214. The molecule has 0 amide bonds. The highest BCUT2D eigenvalue weighted by atomic mass is 79.9. The molecule has 1 unspecified atom stereocenters. The van der Waals surface area contributed by atoms with E-state index in [-0.39, 0.29) is 4.83 Å². The van der Waals surface area contributed by atoms with Gasteiger partial charge in [0.2, 0.25) is 0 Å². The molecule has 6 heteroatoms. The first-order valence-electron chi connectivity index (χ1n) is 6.27. The van der Waals surface area contributed by atoms with E-state index in [1.807, 2.05) is 49.5 Å². The molecule has 20 heavy (non-hydrogen) atoms. The van der Waals surface area contributed by atoms with Crippen LogP contribution in [0, 0.1) is 0 Å². The Kier molecular flexibility index (Phi) is 3.64. The molecule has 0 N–H and O–H groups in total. The maximum atomic E-state index is 5.36. The van der Waals surface area contributed by atoms with Gasteiger partial charge in [0.05, 0.1) is 23.3 Å². The minimum absolute atomic E-state index is 0.188. The largest absolute Gasteiger partial charge is 0.356 e. The van der Waals surface area contributed by atoms with Crippen molar-refractivity contribution < 1.29 is 4.52 Å². The molecule has 1 atom stereocenters. The molecule has 0 bridgehead atoms. The summed E-state index contributed by atoms with van der Waals surface area (Å²) in [5, 5.41) is 12.2. The van der Waals surface area contributed by atoms with Gasteiger partial charge in [-0.25, -0.2) is 4.68 Å². The smallest absolute Gasteiger partial charge is 0.167 e. The van der Waals surface area contributed by atoms with E-state index in [1.54, 1.807) is 4.68 Å². The van der Waals surface area contributed by atoms with Crippen LogP contribution in [0.4, 0.5) is 0 Å². The van der Waals surface area contributed by atoms with Crippen molar-refractivity contribution in [3.63, 3.8) is 0 Å². The molecule has 0 radical (unpaired) electrons. The van der Waals surface area contributed by atoms with Crippen molar-refractivity contribution in [3.05, 3.63) is 54.0 Å². The summed E-state index contributed by atoms with van der Waals surface area (Å²) in [5.41, 5.74) is 2.74. The number of benzene rings is 1. The predicted octanol–water partition coefficient (Wildman–Crippen LogP) is 3.44. The van der Waals surface area contributed by atoms with Gasteiger partial charge in [-0.05, 0) is 6.92 Å². The first-order valence-corrected chi connectivity index (χ1v) is 7.19. The molecule has 2 aromatic heterocycles. The Bertz CT molecular complexity index is 690. The number of aromatic nitrogens is 4. The van der Waals surface area contributed by atoms with Crippen LogP contribution < -0.4 is 0 Å². The maximum absolute atomic E-state index is 5.36. The summed E-state index contributed by atoms with van der Waals surface area (Å²) in [5.74, 6) is 0.759. The van der Waals surface area contributed by atoms with E-state index in [1.165, 1.54) is 0 Å². The van der Waals surface area contributed by atoms with Gasteiger partial charge in [-0.3, -0.25) is 0 Å². The summed E-state index contributed by atoms with van der Waals surface area (Å²) in [6.45, 7) is 2.56. The van der Waals surface area contributed by atoms with Crippen LogP contribution in [0.1, 0.15) is 23.1 Å². The van der Waals surface area contributed by atoms with Gasteiger partial charge in [-0.2, -0.15) is 0 Å². The normalized spacial score (nSPS) is 12.5. The van der Waals surface area contributed by atoms with Crippen LogP contribution in [0.3, 0.4) is 0 Å². The molecule has 1 aromatic carbocycles. The molecule has 0 saturated heterocycles. The third-order valence-electron chi connectivity index (χ3n) is 2.91. The maximum Gasteiger partial charge on any atom is 0.167 e. The molecule has 0 aliphatic rings. The molecule has 2 heterocycles. The molecule has 0 spiro atoms. The van der Waals surface area contributed by atoms with Gasteiger partial charge in [-0.1, -0.05) is 56.6 Å². The molecule has 102 valence electrons. The highest BCUT2D eigenvalue weighted by Crippen LogP contribution is 2.21. The highest BCUT2D eigenvalue weighted by Gasteiger charge is 2.10. The van der Waals surface area contributed by atoms with Crippen LogP contribution in [-0.4, -0.2) is 20.2 Å². The van der Waals surface area contributed by atoms with Crippen molar-refractivity contribution in [1.29, 1.82) is 0 Å². The second-order valence-corrected chi connectivity index (χ2v) is 5.88. The van der Waals surface area contributed by atoms with E-state index >= 15 is 0 Å². The number of nitrogens with zero attached hydrogens (tertiary/aromatic N) is 4. The second-order valence-electron chi connectivity index (χ2n) is 4.51. The Balaban J connectivity index is 1.77. The standard InChI is InChI=1S/C14H13BrN4O/c1-10(15)13-9-19(18-16-13)8-12-7-14(20-17-12)11-5-3-2-4-6-11/h2-7,9-10H,8H2,1H3. The van der Waals surface area contributed by atoms with E-state index in [0.717, 1.165) is 22.7 Å². The summed E-state index contributed by atoms with van der Waals surface area (Å²) in [7, 11) is 0. The van der Waals surface area contributed by atoms with Crippen LogP contribution in [0.15, 0.2) is 47.1 Å². The summed E-state index contributed by atoms with van der Waals surface area (Å²) in [6, 6.07) is 11.8. The molecule has 0 fully saturated rings. The summed E-state index contributed by atoms with van der Waals surface area (Å²) in [6.07, 6.45) is 1.90. The Morgan fingerprint density at radius 3 is 2.80 bits per heavy atom.